The molecule has 0 aromatic heterocycles. The molecule has 0 aromatic rings. The third kappa shape index (κ3) is 0.833. The molecule has 0 aliphatic heterocycles. The van der Waals surface area contributed by atoms with E-state index in [0.717, 1.165) is 12.0 Å². The third-order valence-electron chi connectivity index (χ3n) is 2.17. The lowest BCUT2D eigenvalue weighted by molar-refractivity contribution is 0.238. The summed E-state index contributed by atoms with van der Waals surface area (Å²) in [6, 6.07) is 2.12. The molecule has 2 atom stereocenters. The first-order valence-corrected chi connectivity index (χ1v) is 3.34. The van der Waals surface area contributed by atoms with E-state index in [1.54, 1.807) is 0 Å². The highest BCUT2D eigenvalue weighted by Crippen LogP contribution is 2.54. The molecule has 10 heavy (non-hydrogen) atoms. The van der Waals surface area contributed by atoms with Crippen LogP contribution in [0.4, 0.5) is 0 Å². The summed E-state index contributed by atoms with van der Waals surface area (Å²) < 4.78 is 0. The lowest BCUT2D eigenvalue weighted by Crippen LogP contribution is -2.06. The normalized spacial score (nSPS) is 36.7. The van der Waals surface area contributed by atoms with Crippen molar-refractivity contribution in [2.45, 2.75) is 13.3 Å². The summed E-state index contributed by atoms with van der Waals surface area (Å²) in [4.78, 5) is 0. The van der Waals surface area contributed by atoms with Crippen molar-refractivity contribution in [3.63, 3.8) is 0 Å². The maximum absolute atomic E-state index is 8.81. The number of hydrogen-bond donors (Lipinski definition) is 1. The smallest absolute Gasteiger partial charge is 0.0875 e. The van der Waals surface area contributed by atoms with Crippen LogP contribution in [0.2, 0.25) is 0 Å². The summed E-state index contributed by atoms with van der Waals surface area (Å²) in [5.74, 6) is 0.238. The number of aliphatic hydroxyl groups excluding tert-OH is 1. The maximum Gasteiger partial charge on any atom is 0.0875 e. The van der Waals surface area contributed by atoms with E-state index in [-0.39, 0.29) is 12.5 Å². The quantitative estimate of drug-likeness (QED) is 0.579. The Bertz CT molecular complexity index is 204. The van der Waals surface area contributed by atoms with Crippen LogP contribution in [-0.4, -0.2) is 11.7 Å². The van der Waals surface area contributed by atoms with Crippen molar-refractivity contribution in [2.24, 2.45) is 11.3 Å². The van der Waals surface area contributed by atoms with E-state index in [2.05, 4.69) is 12.6 Å². The molecular weight excluding hydrogens is 126 g/mol. The van der Waals surface area contributed by atoms with Crippen molar-refractivity contribution < 1.29 is 5.11 Å². The van der Waals surface area contributed by atoms with Crippen molar-refractivity contribution in [3.8, 4) is 6.07 Å². The Morgan fingerprint density at radius 1 is 2.00 bits per heavy atom. The first-order chi connectivity index (χ1) is 4.66. The zero-order valence-electron chi connectivity index (χ0n) is 6.09. The summed E-state index contributed by atoms with van der Waals surface area (Å²) in [5, 5.41) is 17.4. The summed E-state index contributed by atoms with van der Waals surface area (Å²) >= 11 is 0. The molecule has 0 unspecified atom stereocenters. The van der Waals surface area contributed by atoms with E-state index in [4.69, 9.17) is 10.4 Å². The van der Waals surface area contributed by atoms with Crippen LogP contribution in [-0.2, 0) is 0 Å². The second-order valence-electron chi connectivity index (χ2n) is 3.03. The van der Waals surface area contributed by atoms with Gasteiger partial charge in [0.05, 0.1) is 18.1 Å². The molecule has 0 saturated heterocycles. The minimum absolute atomic E-state index is 0.0268. The minimum atomic E-state index is -0.466. The van der Waals surface area contributed by atoms with Crippen LogP contribution < -0.4 is 0 Å². The summed E-state index contributed by atoms with van der Waals surface area (Å²) in [7, 11) is 0. The average Bonchev–Trinajstić information content (AvgIpc) is 2.63. The van der Waals surface area contributed by atoms with Crippen molar-refractivity contribution in [1.29, 1.82) is 5.26 Å². The van der Waals surface area contributed by atoms with Gasteiger partial charge in [0, 0.05) is 5.92 Å². The van der Waals surface area contributed by atoms with Crippen LogP contribution in [0.25, 0.3) is 0 Å². The van der Waals surface area contributed by atoms with E-state index in [1.165, 1.54) is 0 Å². The minimum Gasteiger partial charge on any atom is -0.395 e. The number of rotatable bonds is 2. The molecule has 0 spiro atoms. The Morgan fingerprint density at radius 3 is 2.70 bits per heavy atom. The van der Waals surface area contributed by atoms with Crippen molar-refractivity contribution in [1.82, 2.24) is 0 Å². The van der Waals surface area contributed by atoms with E-state index < -0.39 is 5.41 Å². The monoisotopic (exact) mass is 137 g/mol. The van der Waals surface area contributed by atoms with Gasteiger partial charge in [-0.2, -0.15) is 5.26 Å². The highest BCUT2D eigenvalue weighted by Gasteiger charge is 2.54. The van der Waals surface area contributed by atoms with E-state index >= 15 is 0 Å². The van der Waals surface area contributed by atoms with Gasteiger partial charge in [-0.15, -0.1) is 0 Å². The van der Waals surface area contributed by atoms with Crippen LogP contribution in [0.15, 0.2) is 12.2 Å². The second kappa shape index (κ2) is 2.10. The molecule has 1 N–H and O–H groups in total. The fourth-order valence-electron chi connectivity index (χ4n) is 1.28. The lowest BCUT2D eigenvalue weighted by Gasteiger charge is -2.01. The lowest BCUT2D eigenvalue weighted by atomic mass is 10.0. The van der Waals surface area contributed by atoms with Crippen LogP contribution in [0.3, 0.4) is 0 Å². The van der Waals surface area contributed by atoms with Crippen LogP contribution in [0.1, 0.15) is 13.3 Å². The molecule has 1 fully saturated rings. The zero-order valence-corrected chi connectivity index (χ0v) is 6.09. The Kier molecular flexibility index (Phi) is 1.53. The molecule has 0 aromatic carbocycles. The van der Waals surface area contributed by atoms with Gasteiger partial charge in [-0.05, 0) is 13.3 Å². The maximum atomic E-state index is 8.81. The predicted octanol–water partition coefficient (Wildman–Crippen LogP) is 1.08. The summed E-state index contributed by atoms with van der Waals surface area (Å²) in [6.45, 7) is 5.62. The second-order valence-corrected chi connectivity index (χ2v) is 3.03. The van der Waals surface area contributed by atoms with E-state index in [0.29, 0.717) is 0 Å². The largest absolute Gasteiger partial charge is 0.395 e. The number of nitrogens with zero attached hydrogens (tertiary/aromatic N) is 1. The standard InChI is InChI=1S/C8H11NO/c1-6(2)7-3-8(7,4-9)5-10/h7,10H,1,3,5H2,2H3/t7-,8+/m0/s1. The molecule has 0 bridgehead atoms. The van der Waals surface area contributed by atoms with Crippen molar-refractivity contribution in [3.05, 3.63) is 12.2 Å². The van der Waals surface area contributed by atoms with Gasteiger partial charge in [0.2, 0.25) is 0 Å². The SMILES string of the molecule is C=C(C)[C@@H]1C[C@@]1(C#N)CO. The Labute approximate surface area is 60.8 Å². The molecule has 2 nitrogen and oxygen atoms in total. The summed E-state index contributed by atoms with van der Waals surface area (Å²) in [6.07, 6.45) is 0.787. The fraction of sp³-hybridized carbons (Fsp3) is 0.625. The fourth-order valence-corrected chi connectivity index (χ4v) is 1.28. The van der Waals surface area contributed by atoms with Crippen LogP contribution in [0.5, 0.6) is 0 Å². The van der Waals surface area contributed by atoms with Gasteiger partial charge >= 0.3 is 0 Å². The van der Waals surface area contributed by atoms with Gasteiger partial charge in [0.15, 0.2) is 0 Å². The topological polar surface area (TPSA) is 44.0 Å². The molecule has 2 heteroatoms. The average molecular weight is 137 g/mol. The molecule has 1 rings (SSSR count). The van der Waals surface area contributed by atoms with Crippen LogP contribution >= 0.6 is 0 Å². The van der Waals surface area contributed by atoms with Crippen molar-refractivity contribution in [2.75, 3.05) is 6.61 Å². The zero-order chi connectivity index (χ0) is 7.78. The highest BCUT2D eigenvalue weighted by atomic mass is 16.3. The van der Waals surface area contributed by atoms with Crippen LogP contribution in [0, 0.1) is 22.7 Å². The van der Waals surface area contributed by atoms with Gasteiger partial charge in [0.1, 0.15) is 0 Å². The first kappa shape index (κ1) is 7.30. The van der Waals surface area contributed by atoms with E-state index in [1.807, 2.05) is 6.92 Å². The molecule has 0 radical (unpaired) electrons. The van der Waals surface area contributed by atoms with Gasteiger partial charge in [-0.1, -0.05) is 12.2 Å². The Morgan fingerprint density at radius 2 is 2.60 bits per heavy atom. The Hall–Kier alpha value is -0.810. The molecule has 1 aliphatic carbocycles. The van der Waals surface area contributed by atoms with Gasteiger partial charge in [-0.25, -0.2) is 0 Å². The number of allylic oxidation sites excluding steroid dienone is 1. The molecule has 1 saturated carbocycles. The number of hydrogen-bond acceptors (Lipinski definition) is 2. The van der Waals surface area contributed by atoms with E-state index in [9.17, 15) is 0 Å². The third-order valence-corrected chi connectivity index (χ3v) is 2.17. The predicted molar refractivity (Wildman–Crippen MR) is 38.1 cm³/mol. The summed E-state index contributed by atoms with van der Waals surface area (Å²) in [5.41, 5.74) is 0.543. The Balaban J connectivity index is 2.64. The molecule has 1 aliphatic rings. The van der Waals surface area contributed by atoms with Crippen molar-refractivity contribution >= 4 is 0 Å². The van der Waals surface area contributed by atoms with Gasteiger partial charge < -0.3 is 5.11 Å². The first-order valence-electron chi connectivity index (χ1n) is 3.34. The molecule has 0 amide bonds. The molecular formula is C8H11NO. The highest BCUT2D eigenvalue weighted by molar-refractivity contribution is 5.25. The number of nitriles is 1. The number of aliphatic hydroxyl groups is 1. The molecule has 0 heterocycles. The van der Waals surface area contributed by atoms with Gasteiger partial charge in [-0.3, -0.25) is 0 Å². The van der Waals surface area contributed by atoms with Gasteiger partial charge in [0.25, 0.3) is 0 Å². The molecule has 54 valence electrons.